The summed E-state index contributed by atoms with van der Waals surface area (Å²) in [4.78, 5) is 4.44. The SMILES string of the molecule is CCc1nc(Cl)c2n1CC(CCNC)CC2. The van der Waals surface area contributed by atoms with E-state index in [1.165, 1.54) is 18.5 Å². The molecule has 0 saturated carbocycles. The maximum Gasteiger partial charge on any atom is 0.150 e. The van der Waals surface area contributed by atoms with Crippen molar-refractivity contribution in [3.63, 3.8) is 0 Å². The molecule has 0 saturated heterocycles. The second-order valence-electron chi connectivity index (χ2n) is 4.53. The lowest BCUT2D eigenvalue weighted by Crippen LogP contribution is -2.24. The Kier molecular flexibility index (Phi) is 3.87. The van der Waals surface area contributed by atoms with Crippen molar-refractivity contribution in [2.75, 3.05) is 13.6 Å². The van der Waals surface area contributed by atoms with Crippen LogP contribution in [0.2, 0.25) is 5.15 Å². The average Bonchev–Trinajstić information content (AvgIpc) is 2.63. The zero-order valence-corrected chi connectivity index (χ0v) is 10.8. The lowest BCUT2D eigenvalue weighted by Gasteiger charge is -2.25. The van der Waals surface area contributed by atoms with Gasteiger partial charge in [-0.2, -0.15) is 0 Å². The minimum Gasteiger partial charge on any atom is -0.330 e. The second kappa shape index (κ2) is 5.19. The predicted molar refractivity (Wildman–Crippen MR) is 67.0 cm³/mol. The fourth-order valence-electron chi connectivity index (χ4n) is 2.50. The molecule has 1 aromatic heterocycles. The Balaban J connectivity index is 2.12. The normalized spacial score (nSPS) is 19.8. The number of hydrogen-bond acceptors (Lipinski definition) is 2. The van der Waals surface area contributed by atoms with Gasteiger partial charge >= 0.3 is 0 Å². The molecule has 2 heterocycles. The third kappa shape index (κ3) is 2.25. The second-order valence-corrected chi connectivity index (χ2v) is 4.88. The number of aryl methyl sites for hydroxylation is 1. The molecule has 0 aliphatic carbocycles. The van der Waals surface area contributed by atoms with E-state index >= 15 is 0 Å². The van der Waals surface area contributed by atoms with Crippen LogP contribution in [0.4, 0.5) is 0 Å². The number of fused-ring (bicyclic) bond motifs is 1. The third-order valence-corrected chi connectivity index (χ3v) is 3.75. The van der Waals surface area contributed by atoms with Crippen molar-refractivity contribution >= 4 is 11.6 Å². The highest BCUT2D eigenvalue weighted by atomic mass is 35.5. The zero-order chi connectivity index (χ0) is 11.5. The molecular weight excluding hydrogens is 222 g/mol. The van der Waals surface area contributed by atoms with E-state index in [2.05, 4.69) is 21.8 Å². The standard InChI is InChI=1S/C12H20ClN3/c1-3-11-15-12(13)10-5-4-9(6-7-14-2)8-16(10)11/h9,14H,3-8H2,1-2H3. The maximum atomic E-state index is 6.15. The smallest absolute Gasteiger partial charge is 0.150 e. The summed E-state index contributed by atoms with van der Waals surface area (Å²) in [7, 11) is 2.01. The summed E-state index contributed by atoms with van der Waals surface area (Å²) in [6, 6.07) is 0. The van der Waals surface area contributed by atoms with Crippen molar-refractivity contribution in [2.45, 2.75) is 39.2 Å². The molecule has 0 bridgehead atoms. The number of nitrogens with zero attached hydrogens (tertiary/aromatic N) is 2. The van der Waals surface area contributed by atoms with Crippen LogP contribution in [-0.2, 0) is 19.4 Å². The van der Waals surface area contributed by atoms with Crippen LogP contribution in [0.5, 0.6) is 0 Å². The van der Waals surface area contributed by atoms with Gasteiger partial charge in [0.15, 0.2) is 5.15 Å². The van der Waals surface area contributed by atoms with Crippen LogP contribution >= 0.6 is 11.6 Å². The first kappa shape index (κ1) is 11.9. The van der Waals surface area contributed by atoms with Gasteiger partial charge in [-0.05, 0) is 38.8 Å². The summed E-state index contributed by atoms with van der Waals surface area (Å²) in [5, 5.41) is 3.95. The number of rotatable bonds is 4. The Bertz CT molecular complexity index is 359. The van der Waals surface area contributed by atoms with Crippen molar-refractivity contribution in [3.8, 4) is 0 Å². The summed E-state index contributed by atoms with van der Waals surface area (Å²) in [6.45, 7) is 4.34. The molecule has 4 heteroatoms. The molecule has 1 aliphatic heterocycles. The van der Waals surface area contributed by atoms with Crippen LogP contribution in [0.3, 0.4) is 0 Å². The molecule has 3 nitrogen and oxygen atoms in total. The molecule has 1 atom stereocenters. The highest BCUT2D eigenvalue weighted by Crippen LogP contribution is 2.28. The number of nitrogens with one attached hydrogen (secondary N) is 1. The molecule has 90 valence electrons. The van der Waals surface area contributed by atoms with E-state index < -0.39 is 0 Å². The quantitative estimate of drug-likeness (QED) is 0.877. The molecule has 0 radical (unpaired) electrons. The van der Waals surface area contributed by atoms with Crippen molar-refractivity contribution in [2.24, 2.45) is 5.92 Å². The molecular formula is C12H20ClN3. The van der Waals surface area contributed by atoms with Gasteiger partial charge in [-0.25, -0.2) is 4.98 Å². The first-order valence-electron chi connectivity index (χ1n) is 6.14. The van der Waals surface area contributed by atoms with Crippen LogP contribution in [0.25, 0.3) is 0 Å². The summed E-state index contributed by atoms with van der Waals surface area (Å²) >= 11 is 6.15. The van der Waals surface area contributed by atoms with E-state index in [4.69, 9.17) is 11.6 Å². The molecule has 1 aliphatic rings. The fourth-order valence-corrected chi connectivity index (χ4v) is 2.80. The van der Waals surface area contributed by atoms with Gasteiger partial charge in [0, 0.05) is 13.0 Å². The van der Waals surface area contributed by atoms with Gasteiger partial charge in [0.2, 0.25) is 0 Å². The van der Waals surface area contributed by atoms with Crippen LogP contribution in [-0.4, -0.2) is 23.1 Å². The molecule has 2 rings (SSSR count). The van der Waals surface area contributed by atoms with E-state index in [0.717, 1.165) is 42.8 Å². The minimum atomic E-state index is 0.726. The molecule has 16 heavy (non-hydrogen) atoms. The molecule has 1 N–H and O–H groups in total. The van der Waals surface area contributed by atoms with Gasteiger partial charge in [-0.3, -0.25) is 0 Å². The van der Waals surface area contributed by atoms with E-state index in [1.807, 2.05) is 7.05 Å². The first-order chi connectivity index (χ1) is 7.76. The molecule has 1 aromatic rings. The van der Waals surface area contributed by atoms with Crippen molar-refractivity contribution in [1.29, 1.82) is 0 Å². The third-order valence-electron chi connectivity index (χ3n) is 3.45. The van der Waals surface area contributed by atoms with Crippen LogP contribution in [0.15, 0.2) is 0 Å². The fraction of sp³-hybridized carbons (Fsp3) is 0.750. The monoisotopic (exact) mass is 241 g/mol. The van der Waals surface area contributed by atoms with Gasteiger partial charge in [0.05, 0.1) is 5.69 Å². The topological polar surface area (TPSA) is 29.9 Å². The number of imidazole rings is 1. The molecule has 0 aromatic carbocycles. The summed E-state index contributed by atoms with van der Waals surface area (Å²) in [6.07, 6.45) is 4.55. The largest absolute Gasteiger partial charge is 0.330 e. The van der Waals surface area contributed by atoms with Crippen LogP contribution < -0.4 is 5.32 Å². The van der Waals surface area contributed by atoms with E-state index in [0.29, 0.717) is 0 Å². The highest BCUT2D eigenvalue weighted by molar-refractivity contribution is 6.30. The maximum absolute atomic E-state index is 6.15. The van der Waals surface area contributed by atoms with E-state index in [-0.39, 0.29) is 0 Å². The Morgan fingerprint density at radius 1 is 1.56 bits per heavy atom. The van der Waals surface area contributed by atoms with Crippen molar-refractivity contribution in [1.82, 2.24) is 14.9 Å². The van der Waals surface area contributed by atoms with Crippen molar-refractivity contribution < 1.29 is 0 Å². The minimum absolute atomic E-state index is 0.726. The average molecular weight is 242 g/mol. The summed E-state index contributed by atoms with van der Waals surface area (Å²) < 4.78 is 2.34. The lowest BCUT2D eigenvalue weighted by molar-refractivity contribution is 0.341. The Labute approximate surface area is 102 Å². The summed E-state index contributed by atoms with van der Waals surface area (Å²) in [5.74, 6) is 1.92. The molecule has 1 unspecified atom stereocenters. The predicted octanol–water partition coefficient (Wildman–Crippen LogP) is 2.27. The van der Waals surface area contributed by atoms with Gasteiger partial charge < -0.3 is 9.88 Å². The van der Waals surface area contributed by atoms with E-state index in [9.17, 15) is 0 Å². The molecule has 0 amide bonds. The van der Waals surface area contributed by atoms with Crippen molar-refractivity contribution in [3.05, 3.63) is 16.7 Å². The molecule has 0 spiro atoms. The Hall–Kier alpha value is -0.540. The van der Waals surface area contributed by atoms with Crippen LogP contribution in [0.1, 0.15) is 31.3 Å². The van der Waals surface area contributed by atoms with Gasteiger partial charge in [-0.15, -0.1) is 0 Å². The lowest BCUT2D eigenvalue weighted by atomic mass is 9.95. The Morgan fingerprint density at radius 3 is 3.06 bits per heavy atom. The highest BCUT2D eigenvalue weighted by Gasteiger charge is 2.23. The zero-order valence-electron chi connectivity index (χ0n) is 10.1. The van der Waals surface area contributed by atoms with Gasteiger partial charge in [0.1, 0.15) is 5.82 Å². The van der Waals surface area contributed by atoms with E-state index in [1.54, 1.807) is 0 Å². The van der Waals surface area contributed by atoms with Gasteiger partial charge in [0.25, 0.3) is 0 Å². The molecule has 0 fully saturated rings. The number of hydrogen-bond donors (Lipinski definition) is 1. The summed E-state index contributed by atoms with van der Waals surface area (Å²) in [5.41, 5.74) is 1.25. The number of aromatic nitrogens is 2. The number of halogens is 1. The first-order valence-corrected chi connectivity index (χ1v) is 6.52. The van der Waals surface area contributed by atoms with Crippen LogP contribution in [0, 0.1) is 5.92 Å². The van der Waals surface area contributed by atoms with Gasteiger partial charge in [-0.1, -0.05) is 18.5 Å². The Morgan fingerprint density at radius 2 is 2.38 bits per heavy atom.